The van der Waals surface area contributed by atoms with E-state index in [2.05, 4.69) is 0 Å². The monoisotopic (exact) mass is 426 g/mol. The molecule has 6 nitrogen and oxygen atoms in total. The summed E-state index contributed by atoms with van der Waals surface area (Å²) in [6.07, 6.45) is 3.07. The number of rotatable bonds is 3. The molecule has 152 valence electrons. The molecule has 28 heavy (non-hydrogen) atoms. The standard InChI is InChI=1S/C20H24Cl2N2O4/c21-14-3-4-16(22)15(12-14)18(25)24-7-1-2-17(24)19(26)23-8-5-13(6-9-23)20-27-10-11-28-20/h3-4,12-13,17,20H,1-2,5-11H2/t17-/m0/s1. The van der Waals surface area contributed by atoms with Crippen molar-refractivity contribution in [3.63, 3.8) is 0 Å². The number of nitrogens with zero attached hydrogens (tertiary/aromatic N) is 2. The number of hydrogen-bond donors (Lipinski definition) is 0. The van der Waals surface area contributed by atoms with Gasteiger partial charge in [-0.3, -0.25) is 9.59 Å². The van der Waals surface area contributed by atoms with E-state index in [1.54, 1.807) is 23.1 Å². The zero-order valence-corrected chi connectivity index (χ0v) is 17.1. The number of hydrogen-bond acceptors (Lipinski definition) is 4. The fourth-order valence-corrected chi connectivity index (χ4v) is 4.70. The van der Waals surface area contributed by atoms with Crippen LogP contribution in [0, 0.1) is 5.92 Å². The van der Waals surface area contributed by atoms with E-state index < -0.39 is 6.04 Å². The molecule has 3 saturated heterocycles. The number of ether oxygens (including phenoxy) is 2. The molecule has 3 aliphatic rings. The average molecular weight is 427 g/mol. The summed E-state index contributed by atoms with van der Waals surface area (Å²) in [7, 11) is 0. The van der Waals surface area contributed by atoms with Gasteiger partial charge in [-0.2, -0.15) is 0 Å². The number of carbonyl (C=O) groups is 2. The summed E-state index contributed by atoms with van der Waals surface area (Å²) in [5.41, 5.74) is 0.350. The van der Waals surface area contributed by atoms with E-state index in [4.69, 9.17) is 32.7 Å². The van der Waals surface area contributed by atoms with E-state index in [0.717, 1.165) is 19.3 Å². The first-order chi connectivity index (χ1) is 13.5. The van der Waals surface area contributed by atoms with Crippen LogP contribution in [0.4, 0.5) is 0 Å². The first-order valence-electron chi connectivity index (χ1n) is 9.82. The summed E-state index contributed by atoms with van der Waals surface area (Å²) < 4.78 is 11.2. The zero-order chi connectivity index (χ0) is 19.7. The van der Waals surface area contributed by atoms with Crippen LogP contribution in [0.25, 0.3) is 0 Å². The van der Waals surface area contributed by atoms with E-state index in [9.17, 15) is 9.59 Å². The molecular weight excluding hydrogens is 403 g/mol. The molecule has 3 heterocycles. The SMILES string of the molecule is O=C([C@@H]1CCCN1C(=O)c1cc(Cl)ccc1Cl)N1CCC(C2OCCO2)CC1. The summed E-state index contributed by atoms with van der Waals surface area (Å²) in [5, 5.41) is 0.804. The van der Waals surface area contributed by atoms with Crippen molar-refractivity contribution in [1.82, 2.24) is 9.80 Å². The Bertz CT molecular complexity index is 746. The second kappa shape index (κ2) is 8.57. The van der Waals surface area contributed by atoms with Gasteiger partial charge >= 0.3 is 0 Å². The summed E-state index contributed by atoms with van der Waals surface area (Å²) >= 11 is 12.2. The van der Waals surface area contributed by atoms with Crippen molar-refractivity contribution in [3.05, 3.63) is 33.8 Å². The second-order valence-corrected chi connectivity index (χ2v) is 8.40. The smallest absolute Gasteiger partial charge is 0.256 e. The van der Waals surface area contributed by atoms with Gasteiger partial charge in [0, 0.05) is 30.6 Å². The minimum Gasteiger partial charge on any atom is -0.350 e. The normalized spacial score (nSPS) is 24.1. The number of benzene rings is 1. The molecule has 3 fully saturated rings. The van der Waals surface area contributed by atoms with Gasteiger partial charge in [0.25, 0.3) is 5.91 Å². The highest BCUT2D eigenvalue weighted by Gasteiger charge is 2.39. The fourth-order valence-electron chi connectivity index (χ4n) is 4.33. The molecule has 3 aliphatic heterocycles. The summed E-state index contributed by atoms with van der Waals surface area (Å²) in [4.78, 5) is 29.7. The predicted octanol–water partition coefficient (Wildman–Crippen LogP) is 3.21. The van der Waals surface area contributed by atoms with Crippen molar-refractivity contribution in [2.45, 2.75) is 38.0 Å². The largest absolute Gasteiger partial charge is 0.350 e. The molecule has 2 amide bonds. The molecule has 0 bridgehead atoms. The van der Waals surface area contributed by atoms with Crippen LogP contribution in [-0.2, 0) is 14.3 Å². The van der Waals surface area contributed by atoms with Crippen molar-refractivity contribution in [3.8, 4) is 0 Å². The Morgan fingerprint density at radius 2 is 1.71 bits per heavy atom. The van der Waals surface area contributed by atoms with Gasteiger partial charge in [-0.25, -0.2) is 0 Å². The Morgan fingerprint density at radius 1 is 1.00 bits per heavy atom. The van der Waals surface area contributed by atoms with Crippen LogP contribution in [0.3, 0.4) is 0 Å². The molecular formula is C20H24Cl2N2O4. The number of likely N-dealkylation sites (tertiary alicyclic amines) is 2. The van der Waals surface area contributed by atoms with Gasteiger partial charge in [-0.1, -0.05) is 23.2 Å². The Balaban J connectivity index is 1.41. The predicted molar refractivity (Wildman–Crippen MR) is 106 cm³/mol. The fraction of sp³-hybridized carbons (Fsp3) is 0.600. The van der Waals surface area contributed by atoms with Crippen LogP contribution < -0.4 is 0 Å². The van der Waals surface area contributed by atoms with Gasteiger partial charge in [-0.05, 0) is 43.9 Å². The highest BCUT2D eigenvalue weighted by Crippen LogP contribution is 2.30. The molecule has 0 aliphatic carbocycles. The molecule has 1 aromatic rings. The third-order valence-corrected chi connectivity index (χ3v) is 6.41. The van der Waals surface area contributed by atoms with Crippen LogP contribution in [0.5, 0.6) is 0 Å². The Morgan fingerprint density at radius 3 is 2.43 bits per heavy atom. The maximum absolute atomic E-state index is 13.1. The van der Waals surface area contributed by atoms with Crippen LogP contribution in [0.2, 0.25) is 10.0 Å². The third-order valence-electron chi connectivity index (χ3n) is 5.84. The number of halogens is 2. The Labute approximate surface area is 174 Å². The Hall–Kier alpha value is -1.34. The number of piperidine rings is 1. The molecule has 0 spiro atoms. The highest BCUT2D eigenvalue weighted by atomic mass is 35.5. The molecule has 0 saturated carbocycles. The van der Waals surface area contributed by atoms with Gasteiger partial charge < -0.3 is 19.3 Å². The minimum atomic E-state index is -0.432. The van der Waals surface area contributed by atoms with Gasteiger partial charge in [0.2, 0.25) is 5.91 Å². The minimum absolute atomic E-state index is 0.0238. The molecule has 0 radical (unpaired) electrons. The van der Waals surface area contributed by atoms with Gasteiger partial charge in [-0.15, -0.1) is 0 Å². The van der Waals surface area contributed by atoms with E-state index in [0.29, 0.717) is 60.8 Å². The lowest BCUT2D eigenvalue weighted by molar-refractivity contribution is -0.140. The van der Waals surface area contributed by atoms with E-state index in [1.165, 1.54) is 0 Å². The van der Waals surface area contributed by atoms with Crippen LogP contribution in [0.1, 0.15) is 36.0 Å². The molecule has 1 atom stereocenters. The van der Waals surface area contributed by atoms with E-state index in [-0.39, 0.29) is 18.1 Å². The van der Waals surface area contributed by atoms with E-state index >= 15 is 0 Å². The topological polar surface area (TPSA) is 59.1 Å². The van der Waals surface area contributed by atoms with Crippen molar-refractivity contribution in [2.75, 3.05) is 32.8 Å². The van der Waals surface area contributed by atoms with Crippen molar-refractivity contribution >= 4 is 35.0 Å². The Kier molecular flexibility index (Phi) is 6.11. The summed E-state index contributed by atoms with van der Waals surface area (Å²) in [6.45, 7) is 3.19. The molecule has 0 aromatic heterocycles. The van der Waals surface area contributed by atoms with Crippen LogP contribution in [0.15, 0.2) is 18.2 Å². The second-order valence-electron chi connectivity index (χ2n) is 7.55. The van der Waals surface area contributed by atoms with Crippen molar-refractivity contribution < 1.29 is 19.1 Å². The lowest BCUT2D eigenvalue weighted by Gasteiger charge is -2.36. The summed E-state index contributed by atoms with van der Waals surface area (Å²) in [5.74, 6) is 0.125. The van der Waals surface area contributed by atoms with E-state index in [1.807, 2.05) is 4.90 Å². The number of amides is 2. The molecule has 0 N–H and O–H groups in total. The molecule has 4 rings (SSSR count). The third kappa shape index (κ3) is 4.01. The molecule has 8 heteroatoms. The van der Waals surface area contributed by atoms with Crippen molar-refractivity contribution in [1.29, 1.82) is 0 Å². The van der Waals surface area contributed by atoms with Gasteiger partial charge in [0.1, 0.15) is 6.04 Å². The maximum Gasteiger partial charge on any atom is 0.256 e. The number of carbonyl (C=O) groups excluding carboxylic acids is 2. The maximum atomic E-state index is 13.1. The first-order valence-corrected chi connectivity index (χ1v) is 10.6. The lowest BCUT2D eigenvalue weighted by atomic mass is 9.95. The molecule has 0 unspecified atom stereocenters. The van der Waals surface area contributed by atoms with Crippen LogP contribution >= 0.6 is 23.2 Å². The van der Waals surface area contributed by atoms with Crippen LogP contribution in [-0.4, -0.2) is 66.8 Å². The lowest BCUT2D eigenvalue weighted by Crippen LogP contribution is -2.50. The zero-order valence-electron chi connectivity index (χ0n) is 15.6. The van der Waals surface area contributed by atoms with Crippen molar-refractivity contribution in [2.24, 2.45) is 5.92 Å². The summed E-state index contributed by atoms with van der Waals surface area (Å²) in [6, 6.07) is 4.40. The van der Waals surface area contributed by atoms with Gasteiger partial charge in [0.15, 0.2) is 6.29 Å². The quantitative estimate of drug-likeness (QED) is 0.744. The first kappa shape index (κ1) is 20.0. The average Bonchev–Trinajstić information content (AvgIpc) is 3.41. The highest BCUT2D eigenvalue weighted by molar-refractivity contribution is 6.35. The van der Waals surface area contributed by atoms with Gasteiger partial charge in [0.05, 0.1) is 23.8 Å². The molecule has 1 aromatic carbocycles.